The molecule has 0 spiro atoms. The van der Waals surface area contributed by atoms with Crippen molar-refractivity contribution in [1.82, 2.24) is 4.90 Å². The molecule has 0 bridgehead atoms. The maximum atomic E-state index is 12.4. The number of fused-ring (bicyclic) bond motifs is 3. The standard InChI is InChI=1S/C36H57NO4S/c1-3-40-35(38)31(36(39)41-4-2)23-28-21-22-34(42-28)26-15-13-24(14-16-26)25-17-19-27(20-18-25)37-32-11-7-5-9-29(32)30-10-6-8-12-33(30)37/h23-30,32-34H,3-22H2,1-2H3. The predicted molar refractivity (Wildman–Crippen MR) is 170 cm³/mol. The molecule has 6 heteroatoms. The van der Waals surface area contributed by atoms with Crippen molar-refractivity contribution in [2.45, 2.75) is 158 Å². The number of carbonyl (C=O) groups is 2. The molecule has 4 aliphatic carbocycles. The predicted octanol–water partition coefficient (Wildman–Crippen LogP) is 8.10. The summed E-state index contributed by atoms with van der Waals surface area (Å²) < 4.78 is 10.3. The van der Waals surface area contributed by atoms with Crippen LogP contribution in [0.1, 0.15) is 129 Å². The molecule has 0 aromatic heterocycles. The Hall–Kier alpha value is -1.01. The molecule has 2 saturated heterocycles. The molecule has 6 fully saturated rings. The number of ether oxygens (including phenoxy) is 2. The van der Waals surface area contributed by atoms with E-state index in [0.29, 0.717) is 5.25 Å². The van der Waals surface area contributed by atoms with Crippen molar-refractivity contribution >= 4 is 23.7 Å². The van der Waals surface area contributed by atoms with E-state index in [0.717, 1.165) is 54.1 Å². The Morgan fingerprint density at radius 2 is 1.14 bits per heavy atom. The first kappa shape index (κ1) is 31.0. The van der Waals surface area contributed by atoms with Crippen LogP contribution < -0.4 is 0 Å². The molecule has 6 unspecified atom stereocenters. The van der Waals surface area contributed by atoms with Crippen LogP contribution in [-0.2, 0) is 19.1 Å². The minimum absolute atomic E-state index is 0.0862. The van der Waals surface area contributed by atoms with Crippen molar-refractivity contribution in [1.29, 1.82) is 0 Å². The molecule has 236 valence electrons. The molecule has 0 radical (unpaired) electrons. The second-order valence-electron chi connectivity index (χ2n) is 14.5. The van der Waals surface area contributed by atoms with E-state index in [1.54, 1.807) is 13.8 Å². The Kier molecular flexibility index (Phi) is 10.6. The van der Waals surface area contributed by atoms with Crippen molar-refractivity contribution in [2.75, 3.05) is 13.2 Å². The Balaban J connectivity index is 0.978. The van der Waals surface area contributed by atoms with Gasteiger partial charge in [-0.25, -0.2) is 9.59 Å². The van der Waals surface area contributed by atoms with Crippen LogP contribution in [-0.4, -0.2) is 58.7 Å². The van der Waals surface area contributed by atoms with Crippen LogP contribution in [0.15, 0.2) is 11.6 Å². The first-order chi connectivity index (χ1) is 20.6. The van der Waals surface area contributed by atoms with E-state index < -0.39 is 11.9 Å². The second kappa shape index (κ2) is 14.4. The molecule has 42 heavy (non-hydrogen) atoms. The molecule has 4 saturated carbocycles. The molecule has 6 aliphatic rings. The van der Waals surface area contributed by atoms with E-state index in [2.05, 4.69) is 4.90 Å². The molecular formula is C36H57NO4S. The summed E-state index contributed by atoms with van der Waals surface area (Å²) in [5.41, 5.74) is 0.0862. The number of esters is 2. The Morgan fingerprint density at radius 3 is 1.69 bits per heavy atom. The van der Waals surface area contributed by atoms with Gasteiger partial charge in [0.2, 0.25) is 0 Å². The lowest BCUT2D eigenvalue weighted by Crippen LogP contribution is -2.48. The zero-order chi connectivity index (χ0) is 29.1. The van der Waals surface area contributed by atoms with Crippen LogP contribution in [0.4, 0.5) is 0 Å². The molecule has 2 heterocycles. The van der Waals surface area contributed by atoms with Gasteiger partial charge >= 0.3 is 11.9 Å². The fraction of sp³-hybridized carbons (Fsp3) is 0.889. The van der Waals surface area contributed by atoms with Crippen LogP contribution in [0, 0.1) is 29.6 Å². The topological polar surface area (TPSA) is 55.8 Å². The van der Waals surface area contributed by atoms with Crippen LogP contribution in [0.5, 0.6) is 0 Å². The molecule has 6 rings (SSSR count). The summed E-state index contributed by atoms with van der Waals surface area (Å²) >= 11 is 1.99. The van der Waals surface area contributed by atoms with Gasteiger partial charge in [0.1, 0.15) is 5.57 Å². The Bertz CT molecular complexity index is 910. The van der Waals surface area contributed by atoms with Gasteiger partial charge in [-0.1, -0.05) is 25.7 Å². The van der Waals surface area contributed by atoms with Gasteiger partial charge in [-0.2, -0.15) is 11.8 Å². The largest absolute Gasteiger partial charge is 0.462 e. The Labute approximate surface area is 259 Å². The van der Waals surface area contributed by atoms with Crippen LogP contribution in [0.3, 0.4) is 0 Å². The average Bonchev–Trinajstić information content (AvgIpc) is 3.63. The number of likely N-dealkylation sites (tertiary alicyclic amines) is 1. The van der Waals surface area contributed by atoms with Crippen LogP contribution in [0.2, 0.25) is 0 Å². The lowest BCUT2D eigenvalue weighted by Gasteiger charge is -2.45. The first-order valence-corrected chi connectivity index (χ1v) is 19.0. The number of nitrogens with zero attached hydrogens (tertiary/aromatic N) is 1. The summed E-state index contributed by atoms with van der Waals surface area (Å²) in [6.45, 7) is 4.07. The highest BCUT2D eigenvalue weighted by atomic mass is 32.2. The van der Waals surface area contributed by atoms with E-state index in [1.165, 1.54) is 109 Å². The molecule has 0 N–H and O–H groups in total. The average molecular weight is 600 g/mol. The lowest BCUT2D eigenvalue weighted by molar-refractivity contribution is -0.146. The highest BCUT2D eigenvalue weighted by Crippen LogP contribution is 2.53. The number of hydrogen-bond acceptors (Lipinski definition) is 6. The molecule has 2 aliphatic heterocycles. The fourth-order valence-electron chi connectivity index (χ4n) is 10.6. The lowest BCUT2D eigenvalue weighted by atomic mass is 9.69. The number of thioether (sulfide) groups is 1. The van der Waals surface area contributed by atoms with Gasteiger partial charge in [-0.05, 0) is 139 Å². The van der Waals surface area contributed by atoms with Gasteiger partial charge < -0.3 is 9.47 Å². The zero-order valence-electron chi connectivity index (χ0n) is 26.5. The molecule has 5 nitrogen and oxygen atoms in total. The monoisotopic (exact) mass is 599 g/mol. The van der Waals surface area contributed by atoms with E-state index in [4.69, 9.17) is 9.47 Å². The third kappa shape index (κ3) is 6.65. The zero-order valence-corrected chi connectivity index (χ0v) is 27.3. The van der Waals surface area contributed by atoms with E-state index >= 15 is 0 Å². The quantitative estimate of drug-likeness (QED) is 0.122. The Morgan fingerprint density at radius 1 is 0.643 bits per heavy atom. The summed E-state index contributed by atoms with van der Waals surface area (Å²) in [6, 6.07) is 2.74. The summed E-state index contributed by atoms with van der Waals surface area (Å²) in [4.78, 5) is 28.0. The third-order valence-corrected chi connectivity index (χ3v) is 14.2. The van der Waals surface area contributed by atoms with Crippen molar-refractivity contribution < 1.29 is 19.1 Å². The first-order valence-electron chi connectivity index (χ1n) is 18.1. The minimum Gasteiger partial charge on any atom is -0.462 e. The van der Waals surface area contributed by atoms with E-state index in [1.807, 2.05) is 17.8 Å². The van der Waals surface area contributed by atoms with Crippen LogP contribution in [0.25, 0.3) is 0 Å². The maximum absolute atomic E-state index is 12.4. The number of carbonyl (C=O) groups excluding carboxylic acids is 2. The van der Waals surface area contributed by atoms with E-state index in [-0.39, 0.29) is 24.0 Å². The number of hydrogen-bond donors (Lipinski definition) is 0. The molecule has 0 aromatic carbocycles. The van der Waals surface area contributed by atoms with Gasteiger partial charge in [0.05, 0.1) is 13.2 Å². The summed E-state index contributed by atoms with van der Waals surface area (Å²) in [6.07, 6.45) is 27.4. The SMILES string of the molecule is CCOC(=O)C(=CC1CCC(C2CCC(C3CCC(N4C5CCCCC5C5CCCCC54)CC3)CC2)S1)C(=O)OCC. The van der Waals surface area contributed by atoms with Crippen molar-refractivity contribution in [3.8, 4) is 0 Å². The van der Waals surface area contributed by atoms with Gasteiger partial charge in [0.15, 0.2) is 0 Å². The number of rotatable bonds is 8. The van der Waals surface area contributed by atoms with E-state index in [9.17, 15) is 9.59 Å². The van der Waals surface area contributed by atoms with Gasteiger partial charge in [-0.3, -0.25) is 4.90 Å². The molecule has 0 amide bonds. The highest BCUT2D eigenvalue weighted by Gasteiger charge is 2.52. The van der Waals surface area contributed by atoms with Gasteiger partial charge in [0.25, 0.3) is 0 Å². The van der Waals surface area contributed by atoms with Crippen molar-refractivity contribution in [3.63, 3.8) is 0 Å². The van der Waals surface area contributed by atoms with Crippen LogP contribution >= 0.6 is 11.8 Å². The van der Waals surface area contributed by atoms with Gasteiger partial charge in [-0.15, -0.1) is 0 Å². The third-order valence-electron chi connectivity index (χ3n) is 12.5. The maximum Gasteiger partial charge on any atom is 0.345 e. The highest BCUT2D eigenvalue weighted by molar-refractivity contribution is 8.00. The normalized spacial score (nSPS) is 40.5. The molecule has 0 aromatic rings. The van der Waals surface area contributed by atoms with Crippen molar-refractivity contribution in [3.05, 3.63) is 11.6 Å². The molecular weight excluding hydrogens is 542 g/mol. The second-order valence-corrected chi connectivity index (χ2v) is 16.0. The van der Waals surface area contributed by atoms with Gasteiger partial charge in [0, 0.05) is 28.6 Å². The summed E-state index contributed by atoms with van der Waals surface area (Å²) in [7, 11) is 0. The van der Waals surface area contributed by atoms with Crippen molar-refractivity contribution in [2.24, 2.45) is 29.6 Å². The minimum atomic E-state index is -0.544. The summed E-state index contributed by atoms with van der Waals surface area (Å²) in [5, 5.41) is 0.848. The smallest absolute Gasteiger partial charge is 0.345 e. The molecule has 6 atom stereocenters. The summed E-state index contributed by atoms with van der Waals surface area (Å²) in [5.74, 6) is 3.65. The fourth-order valence-corrected chi connectivity index (χ4v) is 12.3.